The summed E-state index contributed by atoms with van der Waals surface area (Å²) < 4.78 is 42.9. The van der Waals surface area contributed by atoms with Crippen molar-refractivity contribution in [1.82, 2.24) is 15.2 Å². The molecule has 42 heavy (non-hydrogen) atoms. The van der Waals surface area contributed by atoms with Crippen LogP contribution in [-0.4, -0.2) is 34.7 Å². The first-order valence-corrected chi connectivity index (χ1v) is 13.5. The number of nitrogens with zero attached hydrogens (tertiary/aromatic N) is 2. The van der Waals surface area contributed by atoms with Crippen molar-refractivity contribution in [2.45, 2.75) is 46.1 Å². The molecule has 0 aliphatic carbocycles. The second-order valence-corrected chi connectivity index (χ2v) is 11.3. The average Bonchev–Trinajstić information content (AvgIpc) is 2.93. The minimum absolute atomic E-state index is 0.203. The Morgan fingerprint density at radius 1 is 1.05 bits per heavy atom. The molecule has 0 saturated carbocycles. The molecule has 1 aliphatic heterocycles. The normalized spacial score (nSPS) is 15.3. The molecule has 7 nitrogen and oxygen atoms in total. The summed E-state index contributed by atoms with van der Waals surface area (Å²) in [5.41, 5.74) is 8.79. The fourth-order valence-corrected chi connectivity index (χ4v) is 5.81. The fourth-order valence-electron chi connectivity index (χ4n) is 5.81. The Morgan fingerprint density at radius 3 is 2.52 bits per heavy atom. The van der Waals surface area contributed by atoms with Crippen molar-refractivity contribution in [3.63, 3.8) is 0 Å². The summed E-state index contributed by atoms with van der Waals surface area (Å²) in [5, 5.41) is 4.96. The van der Waals surface area contributed by atoms with E-state index in [2.05, 4.69) is 15.0 Å². The van der Waals surface area contributed by atoms with Gasteiger partial charge in [-0.05, 0) is 63.7 Å². The van der Waals surface area contributed by atoms with E-state index in [-0.39, 0.29) is 23.9 Å². The van der Waals surface area contributed by atoms with E-state index >= 15 is 0 Å². The summed E-state index contributed by atoms with van der Waals surface area (Å²) in [6.45, 7) is 6.42. The Hall–Kier alpha value is -4.60. The van der Waals surface area contributed by atoms with E-state index in [9.17, 15) is 22.8 Å². The van der Waals surface area contributed by atoms with Crippen LogP contribution in [0.25, 0.3) is 21.9 Å². The van der Waals surface area contributed by atoms with Gasteiger partial charge in [0, 0.05) is 23.7 Å². The molecule has 3 aromatic carbocycles. The van der Waals surface area contributed by atoms with E-state index in [1.165, 1.54) is 18.2 Å². The molecule has 0 saturated heterocycles. The summed E-state index contributed by atoms with van der Waals surface area (Å²) >= 11 is 0. The predicted molar refractivity (Wildman–Crippen MR) is 154 cm³/mol. The van der Waals surface area contributed by atoms with Crippen LogP contribution in [0.4, 0.5) is 18.0 Å². The number of nitrogens with one attached hydrogen (secondary N) is 1. The van der Waals surface area contributed by atoms with Crippen LogP contribution in [0.15, 0.2) is 72.9 Å². The number of pyridine rings is 1. The van der Waals surface area contributed by atoms with Gasteiger partial charge >= 0.3 is 12.4 Å². The molecule has 0 bridgehead atoms. The van der Waals surface area contributed by atoms with Crippen molar-refractivity contribution in [2.24, 2.45) is 11.1 Å². The largest absolute Gasteiger partial charge is 0.573 e. The first kappa shape index (κ1) is 28.9. The number of aromatic nitrogens is 1. The third-order valence-corrected chi connectivity index (χ3v) is 7.43. The number of urea groups is 1. The number of hydrogen-bond acceptors (Lipinski definition) is 4. The quantitative estimate of drug-likeness (QED) is 0.275. The number of fused-ring (bicyclic) bond motifs is 2. The fraction of sp³-hybridized carbons (Fsp3) is 0.281. The van der Waals surface area contributed by atoms with Crippen molar-refractivity contribution in [3.8, 4) is 16.9 Å². The van der Waals surface area contributed by atoms with Gasteiger partial charge in [0.05, 0.1) is 18.3 Å². The van der Waals surface area contributed by atoms with Gasteiger partial charge in [0.1, 0.15) is 5.75 Å². The average molecular weight is 577 g/mol. The second kappa shape index (κ2) is 11.0. The zero-order valence-corrected chi connectivity index (χ0v) is 23.5. The highest BCUT2D eigenvalue weighted by molar-refractivity contribution is 5.96. The van der Waals surface area contributed by atoms with Crippen LogP contribution >= 0.6 is 0 Å². The molecular formula is C32H31F3N4O3. The number of amides is 3. The highest BCUT2D eigenvalue weighted by atomic mass is 19.4. The van der Waals surface area contributed by atoms with Crippen LogP contribution in [0.1, 0.15) is 54.0 Å². The van der Waals surface area contributed by atoms with Gasteiger partial charge in [-0.25, -0.2) is 4.79 Å². The van der Waals surface area contributed by atoms with E-state index < -0.39 is 23.7 Å². The van der Waals surface area contributed by atoms with Gasteiger partial charge in [-0.3, -0.25) is 9.78 Å². The lowest BCUT2D eigenvalue weighted by Crippen LogP contribution is -2.50. The summed E-state index contributed by atoms with van der Waals surface area (Å²) in [4.78, 5) is 32.6. The Kier molecular flexibility index (Phi) is 7.57. The van der Waals surface area contributed by atoms with E-state index in [1.54, 1.807) is 29.3 Å². The molecule has 1 atom stereocenters. The maximum Gasteiger partial charge on any atom is 0.573 e. The molecule has 3 N–H and O–H groups in total. The first-order valence-electron chi connectivity index (χ1n) is 13.5. The lowest BCUT2D eigenvalue weighted by molar-refractivity contribution is -0.274. The number of benzene rings is 3. The number of alkyl halides is 3. The van der Waals surface area contributed by atoms with Gasteiger partial charge in [0.2, 0.25) is 5.91 Å². The molecule has 1 unspecified atom stereocenters. The van der Waals surface area contributed by atoms with E-state index in [0.29, 0.717) is 29.7 Å². The number of primary amides is 1. The van der Waals surface area contributed by atoms with Gasteiger partial charge in [-0.1, -0.05) is 63.2 Å². The molecule has 0 spiro atoms. The third-order valence-electron chi connectivity index (χ3n) is 7.43. The SMILES string of the molecule is CC(C)(C)C1c2c(C(N)=O)ccc(-c3cccc(OC(F)(F)F)c3)c2CCN1C(=O)NCc1nccc2ccccc12. The van der Waals surface area contributed by atoms with Gasteiger partial charge < -0.3 is 20.7 Å². The minimum Gasteiger partial charge on any atom is -0.406 e. The van der Waals surface area contributed by atoms with Gasteiger partial charge in [-0.15, -0.1) is 13.2 Å². The second-order valence-electron chi connectivity index (χ2n) is 11.3. The Balaban J connectivity index is 1.53. The monoisotopic (exact) mass is 576 g/mol. The molecule has 4 aromatic rings. The molecule has 10 heteroatoms. The topological polar surface area (TPSA) is 97.6 Å². The number of hydrogen-bond donors (Lipinski definition) is 2. The van der Waals surface area contributed by atoms with Gasteiger partial charge in [-0.2, -0.15) is 0 Å². The van der Waals surface area contributed by atoms with Crippen LogP contribution in [0.3, 0.4) is 0 Å². The van der Waals surface area contributed by atoms with E-state index in [1.807, 2.05) is 51.1 Å². The number of nitrogens with two attached hydrogens (primary N) is 1. The molecule has 0 radical (unpaired) electrons. The van der Waals surface area contributed by atoms with Crippen LogP contribution in [0.2, 0.25) is 0 Å². The van der Waals surface area contributed by atoms with Crippen molar-refractivity contribution >= 4 is 22.7 Å². The maximum atomic E-state index is 13.7. The van der Waals surface area contributed by atoms with Gasteiger partial charge in [0.25, 0.3) is 0 Å². The van der Waals surface area contributed by atoms with Crippen LogP contribution in [0.5, 0.6) is 5.75 Å². The Bertz CT molecular complexity index is 1660. The highest BCUT2D eigenvalue weighted by Crippen LogP contribution is 2.46. The summed E-state index contributed by atoms with van der Waals surface area (Å²) in [6, 6.07) is 17.8. The maximum absolute atomic E-state index is 13.7. The molecule has 0 fully saturated rings. The highest BCUT2D eigenvalue weighted by Gasteiger charge is 2.41. The molecule has 1 aliphatic rings. The van der Waals surface area contributed by atoms with Crippen LogP contribution in [-0.2, 0) is 13.0 Å². The van der Waals surface area contributed by atoms with E-state index in [0.717, 1.165) is 22.0 Å². The van der Waals surface area contributed by atoms with Crippen molar-refractivity contribution in [2.75, 3.05) is 6.54 Å². The van der Waals surface area contributed by atoms with Crippen LogP contribution in [0, 0.1) is 5.41 Å². The lowest BCUT2D eigenvalue weighted by Gasteiger charge is -2.45. The van der Waals surface area contributed by atoms with Gasteiger partial charge in [0.15, 0.2) is 0 Å². The predicted octanol–water partition coefficient (Wildman–Crippen LogP) is 6.75. The molecule has 3 amide bonds. The minimum atomic E-state index is -4.83. The summed E-state index contributed by atoms with van der Waals surface area (Å²) in [7, 11) is 0. The van der Waals surface area contributed by atoms with Crippen molar-refractivity contribution < 1.29 is 27.5 Å². The smallest absolute Gasteiger partial charge is 0.406 e. The standard InChI is InChI=1S/C32H31F3N4O3/c1-31(2,3)28-27-24(14-16-39(28)30(41)38-18-26-23-10-5-4-7-19(23)13-15-37-26)22(11-12-25(27)29(36)40)20-8-6-9-21(17-20)42-32(33,34)35/h4-13,15,17,28H,14,16,18H2,1-3H3,(H2,36,40)(H,38,41). The zero-order valence-electron chi connectivity index (χ0n) is 23.5. The lowest BCUT2D eigenvalue weighted by atomic mass is 9.73. The number of rotatable bonds is 5. The number of halogens is 3. The Labute approximate surface area is 241 Å². The van der Waals surface area contributed by atoms with Crippen LogP contribution < -0.4 is 15.8 Å². The molecular weight excluding hydrogens is 545 g/mol. The molecule has 218 valence electrons. The number of ether oxygens (including phenoxy) is 1. The van der Waals surface area contributed by atoms with E-state index in [4.69, 9.17) is 5.73 Å². The Morgan fingerprint density at radius 2 is 1.81 bits per heavy atom. The first-order chi connectivity index (χ1) is 19.8. The third kappa shape index (κ3) is 5.88. The molecule has 2 heterocycles. The molecule has 1 aromatic heterocycles. The number of carbonyl (C=O) groups excluding carboxylic acids is 2. The van der Waals surface area contributed by atoms with Crippen molar-refractivity contribution in [1.29, 1.82) is 0 Å². The van der Waals surface area contributed by atoms with Crippen molar-refractivity contribution in [3.05, 3.63) is 95.3 Å². The summed E-state index contributed by atoms with van der Waals surface area (Å²) in [5.74, 6) is -0.998. The summed E-state index contributed by atoms with van der Waals surface area (Å²) in [6.07, 6.45) is -2.77. The number of carbonyl (C=O) groups is 2. The molecule has 5 rings (SSSR count). The zero-order chi connectivity index (χ0) is 30.2.